The topological polar surface area (TPSA) is 45.1 Å². The summed E-state index contributed by atoms with van der Waals surface area (Å²) in [5.41, 5.74) is 2.58. The Labute approximate surface area is 105 Å². The Kier molecular flexibility index (Phi) is 3.89. The summed E-state index contributed by atoms with van der Waals surface area (Å²) in [7, 11) is 0. The number of aromatic hydroxyl groups is 1. The van der Waals surface area contributed by atoms with Crippen molar-refractivity contribution >= 4 is 0 Å². The lowest BCUT2D eigenvalue weighted by molar-refractivity contribution is 0.423. The van der Waals surface area contributed by atoms with E-state index in [0.29, 0.717) is 18.7 Å². The van der Waals surface area contributed by atoms with Gasteiger partial charge in [0.1, 0.15) is 0 Å². The normalized spacial score (nSPS) is 10.6. The fraction of sp³-hybridized carbons (Fsp3) is 0.214. The zero-order valence-corrected chi connectivity index (χ0v) is 10.2. The van der Waals surface area contributed by atoms with Gasteiger partial charge in [0.15, 0.2) is 11.6 Å². The van der Waals surface area contributed by atoms with Gasteiger partial charge in [-0.2, -0.15) is 0 Å². The molecule has 0 aliphatic carbocycles. The number of phenolic OH excluding ortho intramolecular Hbond substituents is 1. The second kappa shape index (κ2) is 5.60. The maximum atomic E-state index is 13.1. The van der Waals surface area contributed by atoms with Crippen LogP contribution in [0.2, 0.25) is 0 Å². The molecule has 0 bridgehead atoms. The van der Waals surface area contributed by atoms with Gasteiger partial charge in [-0.1, -0.05) is 18.2 Å². The molecule has 0 radical (unpaired) electrons. The van der Waals surface area contributed by atoms with E-state index in [1.165, 1.54) is 6.07 Å². The van der Waals surface area contributed by atoms with Crippen LogP contribution in [0.25, 0.3) is 0 Å². The number of hydrogen-bond acceptors (Lipinski definition) is 3. The summed E-state index contributed by atoms with van der Waals surface area (Å²) in [4.78, 5) is 4.19. The van der Waals surface area contributed by atoms with Crippen molar-refractivity contribution < 1.29 is 9.50 Å². The van der Waals surface area contributed by atoms with E-state index in [4.69, 9.17) is 0 Å². The predicted molar refractivity (Wildman–Crippen MR) is 67.6 cm³/mol. The van der Waals surface area contributed by atoms with E-state index in [1.54, 1.807) is 18.3 Å². The third kappa shape index (κ3) is 3.05. The van der Waals surface area contributed by atoms with Gasteiger partial charge in [0.25, 0.3) is 0 Å². The molecule has 3 nitrogen and oxygen atoms in total. The number of aryl methyl sites for hydroxylation is 1. The van der Waals surface area contributed by atoms with E-state index in [2.05, 4.69) is 10.3 Å². The van der Waals surface area contributed by atoms with Crippen molar-refractivity contribution in [1.29, 1.82) is 0 Å². The van der Waals surface area contributed by atoms with Crippen LogP contribution in [0.3, 0.4) is 0 Å². The van der Waals surface area contributed by atoms with E-state index < -0.39 is 5.82 Å². The van der Waals surface area contributed by atoms with Gasteiger partial charge in [0.05, 0.1) is 0 Å². The highest BCUT2D eigenvalue weighted by atomic mass is 19.1. The van der Waals surface area contributed by atoms with Gasteiger partial charge in [-0.3, -0.25) is 4.98 Å². The molecule has 1 heterocycles. The molecule has 0 spiro atoms. The van der Waals surface area contributed by atoms with Gasteiger partial charge in [-0.05, 0) is 24.6 Å². The van der Waals surface area contributed by atoms with Gasteiger partial charge in [0.2, 0.25) is 0 Å². The SMILES string of the molecule is Cc1ccc(CNCc2cccc(F)c2O)cn1. The molecule has 2 N–H and O–H groups in total. The fourth-order valence-corrected chi connectivity index (χ4v) is 1.65. The molecule has 2 aromatic rings. The Balaban J connectivity index is 1.92. The van der Waals surface area contributed by atoms with Crippen LogP contribution in [-0.4, -0.2) is 10.1 Å². The quantitative estimate of drug-likeness (QED) is 0.871. The maximum absolute atomic E-state index is 13.1. The largest absolute Gasteiger partial charge is 0.505 e. The highest BCUT2D eigenvalue weighted by molar-refractivity contribution is 5.33. The number of para-hydroxylation sites is 1. The number of nitrogens with zero attached hydrogens (tertiary/aromatic N) is 1. The van der Waals surface area contributed by atoms with Crippen molar-refractivity contribution in [3.05, 3.63) is 59.2 Å². The molecule has 0 fully saturated rings. The molecule has 18 heavy (non-hydrogen) atoms. The molecule has 4 heteroatoms. The predicted octanol–water partition coefficient (Wildman–Crippen LogP) is 2.52. The fourth-order valence-electron chi connectivity index (χ4n) is 1.65. The molecule has 0 saturated heterocycles. The minimum Gasteiger partial charge on any atom is -0.505 e. The zero-order valence-electron chi connectivity index (χ0n) is 10.2. The van der Waals surface area contributed by atoms with E-state index in [-0.39, 0.29) is 5.75 Å². The van der Waals surface area contributed by atoms with Crippen molar-refractivity contribution in [2.24, 2.45) is 0 Å². The van der Waals surface area contributed by atoms with Crippen molar-refractivity contribution in [2.45, 2.75) is 20.0 Å². The van der Waals surface area contributed by atoms with Crippen LogP contribution in [0.4, 0.5) is 4.39 Å². The Morgan fingerprint density at radius 1 is 1.22 bits per heavy atom. The average molecular weight is 246 g/mol. The van der Waals surface area contributed by atoms with Gasteiger partial charge < -0.3 is 10.4 Å². The molecule has 0 saturated carbocycles. The van der Waals surface area contributed by atoms with Crippen LogP contribution in [0.1, 0.15) is 16.8 Å². The first-order valence-electron chi connectivity index (χ1n) is 5.75. The first-order chi connectivity index (χ1) is 8.66. The van der Waals surface area contributed by atoms with E-state index in [0.717, 1.165) is 11.3 Å². The number of phenols is 1. The number of halogens is 1. The number of rotatable bonds is 4. The number of nitrogens with one attached hydrogen (secondary N) is 1. The van der Waals surface area contributed by atoms with Crippen LogP contribution >= 0.6 is 0 Å². The molecule has 0 amide bonds. The minimum atomic E-state index is -0.591. The Hall–Kier alpha value is -1.94. The van der Waals surface area contributed by atoms with Gasteiger partial charge >= 0.3 is 0 Å². The molecule has 2 rings (SSSR count). The summed E-state index contributed by atoms with van der Waals surface area (Å²) in [6, 6.07) is 8.44. The average Bonchev–Trinajstić information content (AvgIpc) is 2.37. The monoisotopic (exact) mass is 246 g/mol. The first-order valence-corrected chi connectivity index (χ1v) is 5.75. The second-order valence-corrected chi connectivity index (χ2v) is 4.16. The molecule has 0 aliphatic rings. The Morgan fingerprint density at radius 2 is 2.06 bits per heavy atom. The summed E-state index contributed by atoms with van der Waals surface area (Å²) < 4.78 is 13.1. The smallest absolute Gasteiger partial charge is 0.165 e. The number of hydrogen-bond donors (Lipinski definition) is 2. The van der Waals surface area contributed by atoms with E-state index in [9.17, 15) is 9.50 Å². The number of benzene rings is 1. The van der Waals surface area contributed by atoms with Crippen molar-refractivity contribution in [3.63, 3.8) is 0 Å². The second-order valence-electron chi connectivity index (χ2n) is 4.16. The third-order valence-electron chi connectivity index (χ3n) is 2.69. The van der Waals surface area contributed by atoms with Crippen LogP contribution in [0.5, 0.6) is 5.75 Å². The summed E-state index contributed by atoms with van der Waals surface area (Å²) >= 11 is 0. The lowest BCUT2D eigenvalue weighted by Crippen LogP contribution is -2.13. The molecule has 1 aromatic carbocycles. The van der Waals surface area contributed by atoms with E-state index >= 15 is 0 Å². The molecule has 0 unspecified atom stereocenters. The third-order valence-corrected chi connectivity index (χ3v) is 2.69. The maximum Gasteiger partial charge on any atom is 0.165 e. The summed E-state index contributed by atoms with van der Waals surface area (Å²) in [5, 5.41) is 12.6. The molecule has 0 atom stereocenters. The van der Waals surface area contributed by atoms with Crippen LogP contribution < -0.4 is 5.32 Å². The molecular weight excluding hydrogens is 231 g/mol. The Bertz CT molecular complexity index is 526. The van der Waals surface area contributed by atoms with Crippen molar-refractivity contribution in [1.82, 2.24) is 10.3 Å². The highest BCUT2D eigenvalue weighted by Crippen LogP contribution is 2.20. The van der Waals surface area contributed by atoms with Crippen molar-refractivity contribution in [3.8, 4) is 5.75 Å². The number of aromatic nitrogens is 1. The molecule has 1 aromatic heterocycles. The molecular formula is C14H15FN2O. The summed E-state index contributed by atoms with van der Waals surface area (Å²) in [5.74, 6) is -0.877. The number of pyridine rings is 1. The van der Waals surface area contributed by atoms with Crippen LogP contribution in [0, 0.1) is 12.7 Å². The lowest BCUT2D eigenvalue weighted by atomic mass is 10.2. The first kappa shape index (κ1) is 12.5. The van der Waals surface area contributed by atoms with E-state index in [1.807, 2.05) is 19.1 Å². The standard InChI is InChI=1S/C14H15FN2O/c1-10-5-6-11(8-17-10)7-16-9-12-3-2-4-13(15)14(12)18/h2-6,8,16,18H,7,9H2,1H3. The molecule has 0 aliphatic heterocycles. The Morgan fingerprint density at radius 3 is 2.78 bits per heavy atom. The highest BCUT2D eigenvalue weighted by Gasteiger charge is 2.05. The van der Waals surface area contributed by atoms with Gasteiger partial charge in [-0.25, -0.2) is 4.39 Å². The van der Waals surface area contributed by atoms with Crippen LogP contribution in [-0.2, 0) is 13.1 Å². The summed E-state index contributed by atoms with van der Waals surface area (Å²) in [6.07, 6.45) is 1.80. The van der Waals surface area contributed by atoms with Crippen molar-refractivity contribution in [2.75, 3.05) is 0 Å². The minimum absolute atomic E-state index is 0.285. The van der Waals surface area contributed by atoms with Gasteiger partial charge in [0, 0.05) is 30.5 Å². The van der Waals surface area contributed by atoms with Crippen LogP contribution in [0.15, 0.2) is 36.5 Å². The summed E-state index contributed by atoms with van der Waals surface area (Å²) in [6.45, 7) is 2.97. The lowest BCUT2D eigenvalue weighted by Gasteiger charge is -2.07. The zero-order chi connectivity index (χ0) is 13.0. The molecule has 94 valence electrons. The van der Waals surface area contributed by atoms with Gasteiger partial charge in [-0.15, -0.1) is 0 Å².